The first-order valence-electron chi connectivity index (χ1n) is 6.42. The largest absolute Gasteiger partial charge is 0.460 e. The van der Waals surface area contributed by atoms with Gasteiger partial charge in [0.15, 0.2) is 0 Å². The Morgan fingerprint density at radius 3 is 2.56 bits per heavy atom. The molecule has 0 atom stereocenters. The van der Waals surface area contributed by atoms with E-state index in [1.807, 2.05) is 18.7 Å². The highest BCUT2D eigenvalue weighted by Gasteiger charge is 2.23. The van der Waals surface area contributed by atoms with E-state index in [0.29, 0.717) is 12.4 Å². The zero-order valence-electron chi connectivity index (χ0n) is 10.9. The second-order valence-corrected chi connectivity index (χ2v) is 4.59. The lowest BCUT2D eigenvalue weighted by Gasteiger charge is -2.31. The molecule has 0 aliphatic carbocycles. The normalized spacial score (nSPS) is 16.7. The van der Waals surface area contributed by atoms with E-state index >= 15 is 0 Å². The van der Waals surface area contributed by atoms with Gasteiger partial charge in [0, 0.05) is 44.7 Å². The van der Waals surface area contributed by atoms with Crippen LogP contribution in [0.15, 0.2) is 12.4 Å². The molecule has 1 aliphatic heterocycles. The first-order valence-corrected chi connectivity index (χ1v) is 6.42. The van der Waals surface area contributed by atoms with Crippen LogP contribution in [0.5, 0.6) is 6.01 Å². The average molecular weight is 249 g/mol. The summed E-state index contributed by atoms with van der Waals surface area (Å²) in [5.41, 5.74) is 1.02. The first kappa shape index (κ1) is 12.8. The Morgan fingerprint density at radius 2 is 2.00 bits per heavy atom. The van der Waals surface area contributed by atoms with Crippen LogP contribution >= 0.6 is 0 Å². The summed E-state index contributed by atoms with van der Waals surface area (Å²) in [6.45, 7) is 5.37. The minimum Gasteiger partial charge on any atom is -0.460 e. The van der Waals surface area contributed by atoms with Crippen molar-refractivity contribution >= 4 is 5.91 Å². The van der Waals surface area contributed by atoms with Gasteiger partial charge in [0.2, 0.25) is 5.91 Å². The third-order valence-corrected chi connectivity index (χ3v) is 3.13. The van der Waals surface area contributed by atoms with Crippen LogP contribution in [0.3, 0.4) is 0 Å². The third-order valence-electron chi connectivity index (χ3n) is 3.13. The van der Waals surface area contributed by atoms with Crippen LogP contribution in [0.2, 0.25) is 0 Å². The summed E-state index contributed by atoms with van der Waals surface area (Å²) in [7, 11) is 0. The van der Waals surface area contributed by atoms with Crippen molar-refractivity contribution in [2.75, 3.05) is 13.1 Å². The van der Waals surface area contributed by atoms with E-state index in [9.17, 15) is 4.79 Å². The van der Waals surface area contributed by atoms with Gasteiger partial charge in [-0.05, 0) is 12.5 Å². The number of likely N-dealkylation sites (tertiary alicyclic amines) is 1. The minimum atomic E-state index is 0.119. The summed E-state index contributed by atoms with van der Waals surface area (Å²) in [5.74, 6) is 0.222. The van der Waals surface area contributed by atoms with Crippen LogP contribution in [-0.2, 0) is 4.79 Å². The second-order valence-electron chi connectivity index (χ2n) is 4.59. The van der Waals surface area contributed by atoms with E-state index in [-0.39, 0.29) is 12.0 Å². The van der Waals surface area contributed by atoms with E-state index in [4.69, 9.17) is 4.74 Å². The van der Waals surface area contributed by atoms with Gasteiger partial charge in [0.1, 0.15) is 6.10 Å². The monoisotopic (exact) mass is 249 g/mol. The van der Waals surface area contributed by atoms with Crippen LogP contribution in [0, 0.1) is 6.92 Å². The summed E-state index contributed by atoms with van der Waals surface area (Å²) < 4.78 is 5.71. The van der Waals surface area contributed by atoms with E-state index in [1.165, 1.54) is 0 Å². The number of carbonyl (C=O) groups is 1. The summed E-state index contributed by atoms with van der Waals surface area (Å²) in [4.78, 5) is 21.7. The number of nitrogens with zero attached hydrogens (tertiary/aromatic N) is 3. The lowest BCUT2D eigenvalue weighted by Crippen LogP contribution is -2.41. The summed E-state index contributed by atoms with van der Waals surface area (Å²) in [6.07, 6.45) is 5.89. The van der Waals surface area contributed by atoms with Crippen LogP contribution < -0.4 is 4.74 Å². The predicted octanol–water partition coefficient (Wildman–Crippen LogP) is 1.56. The zero-order valence-corrected chi connectivity index (χ0v) is 10.9. The van der Waals surface area contributed by atoms with Crippen molar-refractivity contribution in [3.63, 3.8) is 0 Å². The zero-order chi connectivity index (χ0) is 13.0. The number of hydrogen-bond donors (Lipinski definition) is 0. The number of rotatable bonds is 3. The van der Waals surface area contributed by atoms with Gasteiger partial charge < -0.3 is 9.64 Å². The molecule has 98 valence electrons. The molecule has 0 saturated carbocycles. The molecule has 1 aliphatic rings. The van der Waals surface area contributed by atoms with Crippen molar-refractivity contribution in [3.8, 4) is 6.01 Å². The molecule has 0 spiro atoms. The van der Waals surface area contributed by atoms with E-state index in [2.05, 4.69) is 9.97 Å². The maximum absolute atomic E-state index is 11.5. The quantitative estimate of drug-likeness (QED) is 0.816. The fourth-order valence-corrected chi connectivity index (χ4v) is 2.04. The molecule has 0 N–H and O–H groups in total. The highest BCUT2D eigenvalue weighted by atomic mass is 16.5. The molecule has 1 saturated heterocycles. The summed E-state index contributed by atoms with van der Waals surface area (Å²) in [6, 6.07) is 0.431. The molecule has 5 nitrogen and oxygen atoms in total. The summed E-state index contributed by atoms with van der Waals surface area (Å²) in [5, 5.41) is 0. The van der Waals surface area contributed by atoms with Gasteiger partial charge in [-0.1, -0.05) is 6.92 Å². The number of carbonyl (C=O) groups excluding carboxylic acids is 1. The number of aryl methyl sites for hydroxylation is 1. The molecule has 18 heavy (non-hydrogen) atoms. The van der Waals surface area contributed by atoms with Crippen molar-refractivity contribution in [1.82, 2.24) is 14.9 Å². The molecule has 0 bridgehead atoms. The number of aromatic nitrogens is 2. The van der Waals surface area contributed by atoms with Gasteiger partial charge >= 0.3 is 6.01 Å². The van der Waals surface area contributed by atoms with Gasteiger partial charge in [-0.3, -0.25) is 4.79 Å². The third kappa shape index (κ3) is 3.18. The number of amides is 1. The van der Waals surface area contributed by atoms with Crippen molar-refractivity contribution in [2.45, 2.75) is 39.2 Å². The number of piperidine rings is 1. The van der Waals surface area contributed by atoms with Crippen molar-refractivity contribution in [3.05, 3.63) is 18.0 Å². The standard InChI is InChI=1S/C13H19N3O2/c1-3-12(17)16-6-4-11(5-7-16)18-13-14-8-10(2)9-15-13/h8-9,11H,3-7H2,1-2H3. The molecular formula is C13H19N3O2. The average Bonchev–Trinajstić information content (AvgIpc) is 2.41. The smallest absolute Gasteiger partial charge is 0.316 e. The lowest BCUT2D eigenvalue weighted by molar-refractivity contribution is -0.132. The Hall–Kier alpha value is -1.65. The van der Waals surface area contributed by atoms with Gasteiger partial charge in [0.25, 0.3) is 0 Å². The Bertz CT molecular complexity index is 397. The molecule has 2 rings (SSSR count). The SMILES string of the molecule is CCC(=O)N1CCC(Oc2ncc(C)cn2)CC1. The van der Waals surface area contributed by atoms with Crippen LogP contribution in [0.1, 0.15) is 31.7 Å². The fourth-order valence-electron chi connectivity index (χ4n) is 2.04. The van der Waals surface area contributed by atoms with Gasteiger partial charge in [0.05, 0.1) is 0 Å². The van der Waals surface area contributed by atoms with Crippen molar-refractivity contribution in [1.29, 1.82) is 0 Å². The first-order chi connectivity index (χ1) is 8.69. The molecule has 1 amide bonds. The molecule has 1 fully saturated rings. The summed E-state index contributed by atoms with van der Waals surface area (Å²) >= 11 is 0. The number of ether oxygens (including phenoxy) is 1. The molecule has 1 aromatic heterocycles. The van der Waals surface area contributed by atoms with Crippen molar-refractivity contribution in [2.24, 2.45) is 0 Å². The fraction of sp³-hybridized carbons (Fsp3) is 0.615. The Balaban J connectivity index is 1.83. The molecule has 0 radical (unpaired) electrons. The molecular weight excluding hydrogens is 230 g/mol. The van der Waals surface area contributed by atoms with Gasteiger partial charge in [-0.15, -0.1) is 0 Å². The maximum atomic E-state index is 11.5. The molecule has 5 heteroatoms. The molecule has 2 heterocycles. The van der Waals surface area contributed by atoms with Gasteiger partial charge in [-0.25, -0.2) is 9.97 Å². The van der Waals surface area contributed by atoms with Crippen LogP contribution in [0.4, 0.5) is 0 Å². The second kappa shape index (κ2) is 5.80. The Morgan fingerprint density at radius 1 is 1.39 bits per heavy atom. The molecule has 0 unspecified atom stereocenters. The lowest BCUT2D eigenvalue weighted by atomic mass is 10.1. The molecule has 1 aromatic rings. The highest BCUT2D eigenvalue weighted by molar-refractivity contribution is 5.75. The number of hydrogen-bond acceptors (Lipinski definition) is 4. The van der Waals surface area contributed by atoms with Crippen LogP contribution in [-0.4, -0.2) is 40.0 Å². The van der Waals surface area contributed by atoms with E-state index in [1.54, 1.807) is 12.4 Å². The van der Waals surface area contributed by atoms with Crippen LogP contribution in [0.25, 0.3) is 0 Å². The van der Waals surface area contributed by atoms with Crippen molar-refractivity contribution < 1.29 is 9.53 Å². The maximum Gasteiger partial charge on any atom is 0.316 e. The van der Waals surface area contributed by atoms with Gasteiger partial charge in [-0.2, -0.15) is 0 Å². The predicted molar refractivity (Wildman–Crippen MR) is 67.3 cm³/mol. The Kier molecular flexibility index (Phi) is 4.12. The highest BCUT2D eigenvalue weighted by Crippen LogP contribution is 2.16. The van der Waals surface area contributed by atoms with E-state index < -0.39 is 0 Å². The minimum absolute atomic E-state index is 0.119. The Labute approximate surface area is 107 Å². The molecule has 0 aromatic carbocycles. The topological polar surface area (TPSA) is 55.3 Å². The van der Waals surface area contributed by atoms with E-state index in [0.717, 1.165) is 31.5 Å².